The summed E-state index contributed by atoms with van der Waals surface area (Å²) in [6, 6.07) is 0. The molecule has 84 valence electrons. The highest BCUT2D eigenvalue weighted by molar-refractivity contribution is 5.71. The lowest BCUT2D eigenvalue weighted by molar-refractivity contribution is -0.139. The minimum absolute atomic E-state index is 0.0604. The lowest BCUT2D eigenvalue weighted by atomic mass is 10.2. The maximum Gasteiger partial charge on any atom is 0.309 e. The Morgan fingerprint density at radius 2 is 2.00 bits per heavy atom. The molecule has 15 heavy (non-hydrogen) atoms. The summed E-state index contributed by atoms with van der Waals surface area (Å²) in [5.41, 5.74) is 0.810. The molecule has 0 atom stereocenters. The number of hydrogen-bond donors (Lipinski definition) is 1. The van der Waals surface area contributed by atoms with Crippen molar-refractivity contribution in [2.24, 2.45) is 0 Å². The van der Waals surface area contributed by atoms with Crippen LogP contribution in [0.2, 0.25) is 0 Å². The second kappa shape index (κ2) is 7.79. The van der Waals surface area contributed by atoms with Crippen molar-refractivity contribution in [1.82, 2.24) is 0 Å². The summed E-state index contributed by atoms with van der Waals surface area (Å²) in [7, 11) is 1.34. The van der Waals surface area contributed by atoms with E-state index in [1.54, 1.807) is 13.0 Å². The average Bonchev–Trinajstić information content (AvgIpc) is 2.15. The van der Waals surface area contributed by atoms with Gasteiger partial charge in [-0.15, -0.1) is 0 Å². The quantitative estimate of drug-likeness (QED) is 0.539. The van der Waals surface area contributed by atoms with E-state index < -0.39 is 5.97 Å². The van der Waals surface area contributed by atoms with Gasteiger partial charge in [-0.3, -0.25) is 9.59 Å². The molecule has 0 spiro atoms. The number of allylic oxidation sites excluding steroid dienone is 2. The van der Waals surface area contributed by atoms with Crippen LogP contribution in [0.1, 0.15) is 26.2 Å². The molecule has 0 aliphatic rings. The molecule has 0 aliphatic heterocycles. The van der Waals surface area contributed by atoms with Crippen molar-refractivity contribution in [1.29, 1.82) is 0 Å². The number of ether oxygens (including phenoxy) is 1. The van der Waals surface area contributed by atoms with Crippen molar-refractivity contribution >= 4 is 11.9 Å². The van der Waals surface area contributed by atoms with Crippen molar-refractivity contribution in [3.8, 4) is 0 Å². The van der Waals surface area contributed by atoms with Crippen molar-refractivity contribution in [2.45, 2.75) is 26.2 Å². The van der Waals surface area contributed by atoms with Gasteiger partial charge in [0.25, 0.3) is 0 Å². The van der Waals surface area contributed by atoms with E-state index >= 15 is 0 Å². The maximum absolute atomic E-state index is 10.7. The topological polar surface area (TPSA) is 63.6 Å². The van der Waals surface area contributed by atoms with Gasteiger partial charge in [-0.05, 0) is 13.3 Å². The molecule has 0 radical (unpaired) electrons. The molecule has 4 nitrogen and oxygen atoms in total. The molecular formula is C11H16O4. The summed E-state index contributed by atoms with van der Waals surface area (Å²) in [6.07, 6.45) is 6.28. The monoisotopic (exact) mass is 212 g/mol. The second-order valence-electron chi connectivity index (χ2n) is 3.11. The highest BCUT2D eigenvalue weighted by Gasteiger charge is 1.96. The average molecular weight is 212 g/mol. The predicted octanol–water partition coefficient (Wildman–Crippen LogP) is 1.92. The molecule has 0 aromatic rings. The van der Waals surface area contributed by atoms with Crippen molar-refractivity contribution in [3.05, 3.63) is 23.8 Å². The molecule has 0 fully saturated rings. The van der Waals surface area contributed by atoms with Gasteiger partial charge in [-0.25, -0.2) is 0 Å². The van der Waals surface area contributed by atoms with Crippen LogP contribution >= 0.6 is 0 Å². The number of aliphatic carboxylic acids is 1. The highest BCUT2D eigenvalue weighted by Crippen LogP contribution is 2.02. The second-order valence-corrected chi connectivity index (χ2v) is 3.11. The Hall–Kier alpha value is -1.58. The highest BCUT2D eigenvalue weighted by atomic mass is 16.5. The molecule has 0 unspecified atom stereocenters. The standard InChI is InChI=1S/C11H16O4/c1-9(8-10(12)13)6-4-3-5-7-11(14)15-2/h3,5-6H,4,7-8H2,1-2H3,(H,12,13)/b5-3+,9-6+. The lowest BCUT2D eigenvalue weighted by Crippen LogP contribution is -1.96. The minimum Gasteiger partial charge on any atom is -0.481 e. The minimum atomic E-state index is -0.831. The zero-order valence-corrected chi connectivity index (χ0v) is 9.03. The van der Waals surface area contributed by atoms with Crippen LogP contribution in [-0.4, -0.2) is 24.2 Å². The van der Waals surface area contributed by atoms with Gasteiger partial charge < -0.3 is 9.84 Å². The van der Waals surface area contributed by atoms with E-state index in [1.807, 2.05) is 12.2 Å². The Bertz CT molecular complexity index is 276. The van der Waals surface area contributed by atoms with E-state index in [9.17, 15) is 9.59 Å². The first-order valence-electron chi connectivity index (χ1n) is 4.65. The van der Waals surface area contributed by atoms with Gasteiger partial charge in [0.15, 0.2) is 0 Å². The van der Waals surface area contributed by atoms with Gasteiger partial charge in [0.05, 0.1) is 20.0 Å². The Balaban J connectivity index is 3.76. The van der Waals surface area contributed by atoms with Crippen LogP contribution in [0.25, 0.3) is 0 Å². The fraction of sp³-hybridized carbons (Fsp3) is 0.455. The summed E-state index contributed by atoms with van der Waals surface area (Å²) in [4.78, 5) is 21.0. The van der Waals surface area contributed by atoms with Gasteiger partial charge in [0.1, 0.15) is 0 Å². The van der Waals surface area contributed by atoms with Gasteiger partial charge in [-0.1, -0.05) is 23.8 Å². The van der Waals surface area contributed by atoms with Gasteiger partial charge >= 0.3 is 11.9 Å². The molecule has 1 N–H and O–H groups in total. The number of hydrogen-bond acceptors (Lipinski definition) is 3. The Labute approximate surface area is 89.2 Å². The third-order valence-corrected chi connectivity index (χ3v) is 1.71. The number of carbonyl (C=O) groups is 2. The van der Waals surface area contributed by atoms with E-state index in [-0.39, 0.29) is 18.8 Å². The van der Waals surface area contributed by atoms with Gasteiger partial charge in [0, 0.05) is 0 Å². The van der Waals surface area contributed by atoms with E-state index in [0.29, 0.717) is 6.42 Å². The van der Waals surface area contributed by atoms with Crippen LogP contribution in [-0.2, 0) is 14.3 Å². The number of carboxylic acid groups (broad SMARTS) is 1. The van der Waals surface area contributed by atoms with Crippen molar-refractivity contribution in [2.75, 3.05) is 7.11 Å². The van der Waals surface area contributed by atoms with E-state index in [0.717, 1.165) is 5.57 Å². The van der Waals surface area contributed by atoms with Crippen LogP contribution < -0.4 is 0 Å². The molecule has 0 aromatic carbocycles. The van der Waals surface area contributed by atoms with Crippen LogP contribution in [0.5, 0.6) is 0 Å². The number of esters is 1. The normalized spacial score (nSPS) is 11.7. The molecule has 0 saturated carbocycles. The number of methoxy groups -OCH3 is 1. The van der Waals surface area contributed by atoms with Gasteiger partial charge in [-0.2, -0.15) is 0 Å². The molecule has 0 heterocycles. The first-order chi connectivity index (χ1) is 7.06. The van der Waals surface area contributed by atoms with E-state index in [4.69, 9.17) is 5.11 Å². The number of rotatable bonds is 6. The third kappa shape index (κ3) is 8.74. The first-order valence-corrected chi connectivity index (χ1v) is 4.65. The van der Waals surface area contributed by atoms with Crippen LogP contribution in [0.15, 0.2) is 23.8 Å². The van der Waals surface area contributed by atoms with Crippen LogP contribution in [0.4, 0.5) is 0 Å². The maximum atomic E-state index is 10.7. The van der Waals surface area contributed by atoms with E-state index in [2.05, 4.69) is 4.74 Å². The lowest BCUT2D eigenvalue weighted by Gasteiger charge is -1.94. The smallest absolute Gasteiger partial charge is 0.309 e. The third-order valence-electron chi connectivity index (χ3n) is 1.71. The Morgan fingerprint density at radius 1 is 1.33 bits per heavy atom. The molecule has 4 heteroatoms. The summed E-state index contributed by atoms with van der Waals surface area (Å²) >= 11 is 0. The largest absolute Gasteiger partial charge is 0.481 e. The fourth-order valence-electron chi connectivity index (χ4n) is 0.939. The number of carbonyl (C=O) groups excluding carboxylic acids is 1. The van der Waals surface area contributed by atoms with Crippen LogP contribution in [0.3, 0.4) is 0 Å². The molecule has 0 bridgehead atoms. The first kappa shape index (κ1) is 13.4. The summed E-state index contributed by atoms with van der Waals surface area (Å²) in [5, 5.41) is 8.47. The van der Waals surface area contributed by atoms with E-state index in [1.165, 1.54) is 7.11 Å². The molecule has 0 rings (SSSR count). The molecular weight excluding hydrogens is 196 g/mol. The summed E-state index contributed by atoms with van der Waals surface area (Å²) in [5.74, 6) is -1.11. The Kier molecular flexibility index (Phi) is 6.97. The molecule has 0 aromatic heterocycles. The number of carboxylic acids is 1. The zero-order valence-electron chi connectivity index (χ0n) is 9.03. The zero-order chi connectivity index (χ0) is 11.7. The molecule has 0 saturated heterocycles. The summed E-state index contributed by atoms with van der Waals surface area (Å²) < 4.78 is 4.45. The summed E-state index contributed by atoms with van der Waals surface area (Å²) in [6.45, 7) is 1.77. The SMILES string of the molecule is COC(=O)C/C=C/C/C=C(\C)CC(=O)O. The Morgan fingerprint density at radius 3 is 2.53 bits per heavy atom. The van der Waals surface area contributed by atoms with Crippen LogP contribution in [0, 0.1) is 0 Å². The molecule has 0 aliphatic carbocycles. The predicted molar refractivity (Wildman–Crippen MR) is 56.4 cm³/mol. The van der Waals surface area contributed by atoms with Crippen molar-refractivity contribution < 1.29 is 19.4 Å². The van der Waals surface area contributed by atoms with Crippen molar-refractivity contribution in [3.63, 3.8) is 0 Å². The van der Waals surface area contributed by atoms with Gasteiger partial charge in [0.2, 0.25) is 0 Å². The fourth-order valence-corrected chi connectivity index (χ4v) is 0.939. The molecule has 0 amide bonds.